The maximum absolute atomic E-state index is 12.4. The van der Waals surface area contributed by atoms with Crippen LogP contribution in [0.15, 0.2) is 34.4 Å². The predicted molar refractivity (Wildman–Crippen MR) is 109 cm³/mol. The highest BCUT2D eigenvalue weighted by Gasteiger charge is 2.14. The summed E-state index contributed by atoms with van der Waals surface area (Å²) >= 11 is 1.57. The van der Waals surface area contributed by atoms with Crippen molar-refractivity contribution < 1.29 is 9.59 Å². The summed E-state index contributed by atoms with van der Waals surface area (Å²) < 4.78 is 3.22. The molecule has 0 spiro atoms. The van der Waals surface area contributed by atoms with E-state index in [0.717, 1.165) is 10.4 Å². The fourth-order valence-corrected chi connectivity index (χ4v) is 3.61. The molecule has 9 heteroatoms. The Hall–Kier alpha value is -2.94. The van der Waals surface area contributed by atoms with Gasteiger partial charge in [-0.3, -0.25) is 18.7 Å². The van der Waals surface area contributed by atoms with Crippen molar-refractivity contribution in [2.45, 2.75) is 46.3 Å². The molecule has 2 N–H and O–H groups in total. The average Bonchev–Trinajstić information content (AvgIpc) is 3.29. The molecule has 0 aliphatic heterocycles. The normalized spacial score (nSPS) is 10.9. The van der Waals surface area contributed by atoms with Gasteiger partial charge in [0.1, 0.15) is 5.82 Å². The number of nitrogens with one attached hydrogen (secondary N) is 2. The van der Waals surface area contributed by atoms with Gasteiger partial charge in [0.05, 0.1) is 12.1 Å². The molecule has 28 heavy (non-hydrogen) atoms. The highest BCUT2D eigenvalue weighted by molar-refractivity contribution is 7.09. The van der Waals surface area contributed by atoms with Gasteiger partial charge in [-0.25, -0.2) is 9.78 Å². The molecular formula is C19H23N5O3S. The summed E-state index contributed by atoms with van der Waals surface area (Å²) in [5.74, 6) is -0.0998. The molecular weight excluding hydrogens is 378 g/mol. The lowest BCUT2D eigenvalue weighted by Gasteiger charge is -2.06. The molecule has 0 bridgehead atoms. The van der Waals surface area contributed by atoms with Crippen molar-refractivity contribution in [1.82, 2.24) is 19.4 Å². The third-order valence-corrected chi connectivity index (χ3v) is 5.26. The lowest BCUT2D eigenvalue weighted by atomic mass is 10.2. The van der Waals surface area contributed by atoms with Crippen LogP contribution in [-0.4, -0.2) is 25.9 Å². The number of hydrogen-bond acceptors (Lipinski definition) is 5. The van der Waals surface area contributed by atoms with Crippen LogP contribution in [0, 0.1) is 0 Å². The van der Waals surface area contributed by atoms with E-state index in [-0.39, 0.29) is 30.3 Å². The topological polar surface area (TPSA) is 98.0 Å². The minimum atomic E-state index is -0.293. The Morgan fingerprint density at radius 1 is 1.07 bits per heavy atom. The standard InChI is InChI=1S/C19H23N5O3S/c1-3-23-14-7-8-15(22-18(14)24(4-2)19(23)27)21-17(26)10-9-16(25)20-12-13-6-5-11-28-13/h5-8,11H,3-4,9-10,12H2,1-2H3,(H,20,25)(H,21,22,26). The van der Waals surface area contributed by atoms with E-state index in [1.807, 2.05) is 31.4 Å². The molecule has 3 aromatic rings. The van der Waals surface area contributed by atoms with Crippen molar-refractivity contribution >= 4 is 40.1 Å². The first-order valence-electron chi connectivity index (χ1n) is 9.22. The van der Waals surface area contributed by atoms with Crippen LogP contribution in [0.1, 0.15) is 31.6 Å². The molecule has 0 saturated carbocycles. The number of amides is 2. The van der Waals surface area contributed by atoms with Gasteiger partial charge in [0, 0.05) is 30.8 Å². The van der Waals surface area contributed by atoms with Crippen LogP contribution < -0.4 is 16.3 Å². The van der Waals surface area contributed by atoms with E-state index in [2.05, 4.69) is 15.6 Å². The molecule has 0 atom stereocenters. The quantitative estimate of drug-likeness (QED) is 0.605. The van der Waals surface area contributed by atoms with Gasteiger partial charge >= 0.3 is 5.69 Å². The van der Waals surface area contributed by atoms with E-state index in [0.29, 0.717) is 31.1 Å². The van der Waals surface area contributed by atoms with Crippen LogP contribution in [0.3, 0.4) is 0 Å². The van der Waals surface area contributed by atoms with Crippen LogP contribution in [0.5, 0.6) is 0 Å². The number of nitrogens with zero attached hydrogens (tertiary/aromatic N) is 3. The molecule has 0 aliphatic carbocycles. The Morgan fingerprint density at radius 3 is 2.50 bits per heavy atom. The Balaban J connectivity index is 1.60. The van der Waals surface area contributed by atoms with Crippen LogP contribution in [-0.2, 0) is 29.2 Å². The Morgan fingerprint density at radius 2 is 1.82 bits per heavy atom. The SMILES string of the molecule is CCn1c(=O)n(CC)c2nc(NC(=O)CCC(=O)NCc3cccs3)ccc21. The summed E-state index contributed by atoms with van der Waals surface area (Å²) in [6.07, 6.45) is 0.165. The van der Waals surface area contributed by atoms with Gasteiger partial charge in [0.25, 0.3) is 0 Å². The molecule has 0 aliphatic rings. The van der Waals surface area contributed by atoms with Crippen LogP contribution >= 0.6 is 11.3 Å². The molecule has 0 radical (unpaired) electrons. The lowest BCUT2D eigenvalue weighted by molar-refractivity contribution is -0.124. The summed E-state index contributed by atoms with van der Waals surface area (Å²) in [5, 5.41) is 7.45. The molecule has 8 nitrogen and oxygen atoms in total. The largest absolute Gasteiger partial charge is 0.351 e. The number of thiophene rings is 1. The molecule has 2 amide bonds. The molecule has 0 fully saturated rings. The van der Waals surface area contributed by atoms with Gasteiger partial charge < -0.3 is 10.6 Å². The molecule has 0 saturated heterocycles. The number of carbonyl (C=O) groups excluding carboxylic acids is 2. The van der Waals surface area contributed by atoms with Gasteiger partial charge in [-0.05, 0) is 37.4 Å². The second-order valence-electron chi connectivity index (χ2n) is 6.21. The van der Waals surface area contributed by atoms with Crippen molar-refractivity contribution in [3.63, 3.8) is 0 Å². The van der Waals surface area contributed by atoms with Gasteiger partial charge in [-0.15, -0.1) is 11.3 Å². The number of rotatable bonds is 8. The molecule has 0 aromatic carbocycles. The summed E-state index contributed by atoms with van der Waals surface area (Å²) in [6, 6.07) is 7.32. The monoisotopic (exact) mass is 401 g/mol. The van der Waals surface area contributed by atoms with Crippen LogP contribution in [0.2, 0.25) is 0 Å². The third kappa shape index (κ3) is 4.30. The van der Waals surface area contributed by atoms with E-state index < -0.39 is 0 Å². The van der Waals surface area contributed by atoms with E-state index in [1.54, 1.807) is 32.6 Å². The summed E-state index contributed by atoms with van der Waals surface area (Å²) in [5.41, 5.74) is 1.17. The summed E-state index contributed by atoms with van der Waals surface area (Å²) in [7, 11) is 0. The fourth-order valence-electron chi connectivity index (χ4n) is 2.97. The summed E-state index contributed by atoms with van der Waals surface area (Å²) in [6.45, 7) is 5.30. The maximum Gasteiger partial charge on any atom is 0.330 e. The van der Waals surface area contributed by atoms with Crippen LogP contribution in [0.25, 0.3) is 11.2 Å². The Bertz CT molecular complexity index is 1040. The van der Waals surface area contributed by atoms with Crippen LogP contribution in [0.4, 0.5) is 5.82 Å². The number of aromatic nitrogens is 3. The smallest absolute Gasteiger partial charge is 0.330 e. The zero-order valence-corrected chi connectivity index (χ0v) is 16.7. The summed E-state index contributed by atoms with van der Waals surface area (Å²) in [4.78, 5) is 41.9. The molecule has 3 aromatic heterocycles. The number of carbonyl (C=O) groups is 2. The van der Waals surface area contributed by atoms with Gasteiger partial charge in [0.15, 0.2) is 5.65 Å². The third-order valence-electron chi connectivity index (χ3n) is 4.38. The molecule has 0 unspecified atom stereocenters. The lowest BCUT2D eigenvalue weighted by Crippen LogP contribution is -2.24. The Kier molecular flexibility index (Phi) is 6.25. The zero-order chi connectivity index (χ0) is 20.1. The number of fused-ring (bicyclic) bond motifs is 1. The van der Waals surface area contributed by atoms with Crippen molar-refractivity contribution in [3.05, 3.63) is 45.0 Å². The van der Waals surface area contributed by atoms with Crippen molar-refractivity contribution in [3.8, 4) is 0 Å². The number of pyridine rings is 1. The second kappa shape index (κ2) is 8.83. The minimum Gasteiger partial charge on any atom is -0.351 e. The van der Waals surface area contributed by atoms with Crippen molar-refractivity contribution in [2.75, 3.05) is 5.32 Å². The number of aryl methyl sites for hydroxylation is 2. The second-order valence-corrected chi connectivity index (χ2v) is 7.25. The number of hydrogen-bond donors (Lipinski definition) is 2. The molecule has 3 heterocycles. The van der Waals surface area contributed by atoms with Crippen molar-refractivity contribution in [1.29, 1.82) is 0 Å². The van der Waals surface area contributed by atoms with E-state index in [4.69, 9.17) is 0 Å². The zero-order valence-electron chi connectivity index (χ0n) is 15.9. The predicted octanol–water partition coefficient (Wildman–Crippen LogP) is 2.33. The highest BCUT2D eigenvalue weighted by Crippen LogP contribution is 2.15. The van der Waals surface area contributed by atoms with E-state index >= 15 is 0 Å². The van der Waals surface area contributed by atoms with Gasteiger partial charge in [0.2, 0.25) is 11.8 Å². The molecule has 148 valence electrons. The Labute approximate surface area is 166 Å². The number of imidazole rings is 1. The first-order valence-corrected chi connectivity index (χ1v) is 10.1. The van der Waals surface area contributed by atoms with E-state index in [1.165, 1.54) is 0 Å². The average molecular weight is 401 g/mol. The molecule has 3 rings (SSSR count). The van der Waals surface area contributed by atoms with E-state index in [9.17, 15) is 14.4 Å². The van der Waals surface area contributed by atoms with Crippen molar-refractivity contribution in [2.24, 2.45) is 0 Å². The van der Waals surface area contributed by atoms with Gasteiger partial charge in [-0.2, -0.15) is 0 Å². The maximum atomic E-state index is 12.4. The fraction of sp³-hybridized carbons (Fsp3) is 0.368. The number of anilines is 1. The highest BCUT2D eigenvalue weighted by atomic mass is 32.1. The first-order chi connectivity index (χ1) is 13.5. The van der Waals surface area contributed by atoms with Gasteiger partial charge in [-0.1, -0.05) is 6.07 Å². The minimum absolute atomic E-state index is 0.0620. The first kappa shape index (κ1) is 19.8.